The van der Waals surface area contributed by atoms with Crippen molar-refractivity contribution in [2.75, 3.05) is 51.8 Å². The smallest absolute Gasteiger partial charge is 0.191 e. The Kier molecular flexibility index (Phi) is 10.9. The number of halogens is 2. The second-order valence-electron chi connectivity index (χ2n) is 7.84. The standard InChI is InChI=1S/C23H33FN6O.HI/c1-4-25-23(27-16-18-8-5-6-10-21(18)31-15-14-29(2)3)28-19-11-13-30(17-19)22-20(24)9-7-12-26-22;/h5-10,12,19H,4,11,13-17H2,1-3H3,(H2,25,27,28);1H. The molecule has 9 heteroatoms. The van der Waals surface area contributed by atoms with Crippen LogP contribution in [0.15, 0.2) is 47.6 Å². The molecule has 0 amide bonds. The summed E-state index contributed by atoms with van der Waals surface area (Å²) in [7, 11) is 4.06. The van der Waals surface area contributed by atoms with E-state index >= 15 is 0 Å². The monoisotopic (exact) mass is 556 g/mol. The molecule has 2 heterocycles. The molecule has 1 fully saturated rings. The summed E-state index contributed by atoms with van der Waals surface area (Å²) in [5, 5.41) is 6.79. The second kappa shape index (κ2) is 13.4. The van der Waals surface area contributed by atoms with Crippen molar-refractivity contribution in [1.82, 2.24) is 20.5 Å². The number of likely N-dealkylation sites (N-methyl/N-ethyl adjacent to an activating group) is 1. The average molecular weight is 556 g/mol. The molecule has 1 aliphatic rings. The quantitative estimate of drug-likeness (QED) is 0.281. The number of para-hydroxylation sites is 1. The summed E-state index contributed by atoms with van der Waals surface area (Å²) in [5.74, 6) is 1.74. The van der Waals surface area contributed by atoms with E-state index in [0.29, 0.717) is 25.5 Å². The second-order valence-corrected chi connectivity index (χ2v) is 7.84. The lowest BCUT2D eigenvalue weighted by atomic mass is 10.2. The number of benzene rings is 1. The van der Waals surface area contributed by atoms with Crippen molar-refractivity contribution in [2.24, 2.45) is 4.99 Å². The van der Waals surface area contributed by atoms with Gasteiger partial charge in [0.15, 0.2) is 17.6 Å². The fraction of sp³-hybridized carbons (Fsp3) is 0.478. The Bertz CT molecular complexity index is 866. The molecule has 1 atom stereocenters. The molecule has 2 N–H and O–H groups in total. The first-order chi connectivity index (χ1) is 15.1. The largest absolute Gasteiger partial charge is 0.492 e. The van der Waals surface area contributed by atoms with Crippen molar-refractivity contribution in [3.05, 3.63) is 54.0 Å². The molecular weight excluding hydrogens is 522 g/mol. The summed E-state index contributed by atoms with van der Waals surface area (Å²) in [6.07, 6.45) is 2.52. The highest BCUT2D eigenvalue weighted by Gasteiger charge is 2.25. The summed E-state index contributed by atoms with van der Waals surface area (Å²) in [6, 6.07) is 11.2. The van der Waals surface area contributed by atoms with E-state index in [9.17, 15) is 4.39 Å². The van der Waals surface area contributed by atoms with Gasteiger partial charge in [0.05, 0.1) is 6.54 Å². The maximum absolute atomic E-state index is 14.1. The van der Waals surface area contributed by atoms with Crippen LogP contribution in [-0.4, -0.2) is 68.8 Å². The number of nitrogens with one attached hydrogen (secondary N) is 2. The normalized spacial score (nSPS) is 16.1. The molecule has 176 valence electrons. The maximum atomic E-state index is 14.1. The minimum absolute atomic E-state index is 0. The molecule has 0 radical (unpaired) electrons. The Balaban J connectivity index is 0.00000363. The zero-order valence-corrected chi connectivity index (χ0v) is 21.4. The molecule has 0 bridgehead atoms. The number of aromatic nitrogens is 1. The van der Waals surface area contributed by atoms with Crippen molar-refractivity contribution in [3.8, 4) is 5.75 Å². The molecule has 2 aromatic rings. The third-order valence-electron chi connectivity index (χ3n) is 5.09. The first-order valence-corrected chi connectivity index (χ1v) is 10.8. The van der Waals surface area contributed by atoms with Crippen LogP contribution in [0.2, 0.25) is 0 Å². The highest BCUT2D eigenvalue weighted by atomic mass is 127. The lowest BCUT2D eigenvalue weighted by Crippen LogP contribution is -2.44. The fourth-order valence-corrected chi connectivity index (χ4v) is 3.47. The number of guanidine groups is 1. The third-order valence-corrected chi connectivity index (χ3v) is 5.09. The van der Waals surface area contributed by atoms with E-state index in [-0.39, 0.29) is 35.8 Å². The summed E-state index contributed by atoms with van der Waals surface area (Å²) in [6.45, 7) is 6.25. The predicted octanol–water partition coefficient (Wildman–Crippen LogP) is 3.11. The van der Waals surface area contributed by atoms with Crippen LogP contribution in [0.1, 0.15) is 18.9 Å². The van der Waals surface area contributed by atoms with E-state index in [1.165, 1.54) is 6.07 Å². The number of hydrogen-bond acceptors (Lipinski definition) is 5. The van der Waals surface area contributed by atoms with Crippen molar-refractivity contribution in [3.63, 3.8) is 0 Å². The zero-order valence-electron chi connectivity index (χ0n) is 19.1. The molecule has 1 aromatic carbocycles. The zero-order chi connectivity index (χ0) is 22.1. The van der Waals surface area contributed by atoms with Gasteiger partial charge in [0.1, 0.15) is 12.4 Å². The van der Waals surface area contributed by atoms with E-state index in [4.69, 9.17) is 9.73 Å². The molecule has 7 nitrogen and oxygen atoms in total. The number of pyridine rings is 1. The number of hydrogen-bond donors (Lipinski definition) is 2. The van der Waals surface area contributed by atoms with Gasteiger partial charge in [0.25, 0.3) is 0 Å². The van der Waals surface area contributed by atoms with Gasteiger partial charge in [-0.3, -0.25) is 0 Å². The average Bonchev–Trinajstić information content (AvgIpc) is 3.21. The number of ether oxygens (including phenoxy) is 1. The number of anilines is 1. The van der Waals surface area contributed by atoms with Crippen LogP contribution in [0.3, 0.4) is 0 Å². The third kappa shape index (κ3) is 7.77. The van der Waals surface area contributed by atoms with Crippen LogP contribution >= 0.6 is 24.0 Å². The van der Waals surface area contributed by atoms with Gasteiger partial charge in [-0.25, -0.2) is 14.4 Å². The van der Waals surface area contributed by atoms with Crippen molar-refractivity contribution in [2.45, 2.75) is 25.9 Å². The van der Waals surface area contributed by atoms with Crippen LogP contribution in [0.25, 0.3) is 0 Å². The number of aliphatic imine (C=N–C) groups is 1. The van der Waals surface area contributed by atoms with Gasteiger partial charge in [-0.05, 0) is 45.6 Å². The number of nitrogens with zero attached hydrogens (tertiary/aromatic N) is 4. The molecule has 0 spiro atoms. The molecule has 32 heavy (non-hydrogen) atoms. The number of rotatable bonds is 9. The minimum Gasteiger partial charge on any atom is -0.492 e. The SMILES string of the molecule is CCNC(=NCc1ccccc1OCCN(C)C)NC1CCN(c2ncccc2F)C1.I. The Hall–Kier alpha value is -2.14. The lowest BCUT2D eigenvalue weighted by Gasteiger charge is -2.20. The van der Waals surface area contributed by atoms with Crippen molar-refractivity contribution >= 4 is 35.8 Å². The molecule has 0 aliphatic carbocycles. The van der Waals surface area contributed by atoms with Crippen LogP contribution in [-0.2, 0) is 6.54 Å². The van der Waals surface area contributed by atoms with Gasteiger partial charge in [0, 0.05) is 44.0 Å². The van der Waals surface area contributed by atoms with E-state index in [1.54, 1.807) is 12.3 Å². The van der Waals surface area contributed by atoms with Crippen LogP contribution in [0.5, 0.6) is 5.75 Å². The van der Waals surface area contributed by atoms with Gasteiger partial charge in [-0.15, -0.1) is 24.0 Å². The summed E-state index contributed by atoms with van der Waals surface area (Å²) in [5.41, 5.74) is 1.04. The molecule has 1 unspecified atom stereocenters. The van der Waals surface area contributed by atoms with Gasteiger partial charge in [0.2, 0.25) is 0 Å². The molecule has 1 aromatic heterocycles. The topological polar surface area (TPSA) is 65.0 Å². The molecule has 1 aliphatic heterocycles. The highest BCUT2D eigenvalue weighted by Crippen LogP contribution is 2.21. The van der Waals surface area contributed by atoms with Crippen molar-refractivity contribution < 1.29 is 9.13 Å². The summed E-state index contributed by atoms with van der Waals surface area (Å²) < 4.78 is 20.0. The molecule has 3 rings (SSSR count). The van der Waals surface area contributed by atoms with Gasteiger partial charge in [-0.1, -0.05) is 18.2 Å². The maximum Gasteiger partial charge on any atom is 0.191 e. The van der Waals surface area contributed by atoms with E-state index < -0.39 is 0 Å². The van der Waals surface area contributed by atoms with E-state index in [2.05, 4.69) is 20.5 Å². The van der Waals surface area contributed by atoms with E-state index in [0.717, 1.165) is 43.3 Å². The highest BCUT2D eigenvalue weighted by molar-refractivity contribution is 14.0. The summed E-state index contributed by atoms with van der Waals surface area (Å²) >= 11 is 0. The van der Waals surface area contributed by atoms with E-state index in [1.807, 2.05) is 50.2 Å². The van der Waals surface area contributed by atoms with Crippen LogP contribution in [0, 0.1) is 5.82 Å². The first kappa shape index (κ1) is 26.1. The Morgan fingerprint density at radius 3 is 2.84 bits per heavy atom. The molecule has 1 saturated heterocycles. The Labute approximate surface area is 207 Å². The van der Waals surface area contributed by atoms with Crippen LogP contribution < -0.4 is 20.3 Å². The predicted molar refractivity (Wildman–Crippen MR) is 139 cm³/mol. The van der Waals surface area contributed by atoms with Gasteiger partial charge >= 0.3 is 0 Å². The fourth-order valence-electron chi connectivity index (χ4n) is 3.47. The first-order valence-electron chi connectivity index (χ1n) is 10.8. The van der Waals surface area contributed by atoms with Gasteiger partial charge < -0.3 is 25.2 Å². The Morgan fingerprint density at radius 1 is 1.28 bits per heavy atom. The molecule has 0 saturated carbocycles. The summed E-state index contributed by atoms with van der Waals surface area (Å²) in [4.78, 5) is 13.0. The van der Waals surface area contributed by atoms with Crippen LogP contribution in [0.4, 0.5) is 10.2 Å². The lowest BCUT2D eigenvalue weighted by molar-refractivity contribution is 0.259. The Morgan fingerprint density at radius 2 is 2.09 bits per heavy atom. The van der Waals surface area contributed by atoms with Crippen molar-refractivity contribution in [1.29, 1.82) is 0 Å². The minimum atomic E-state index is -0.283. The molecular formula is C23H34FIN6O. The van der Waals surface area contributed by atoms with Gasteiger partial charge in [-0.2, -0.15) is 0 Å².